The van der Waals surface area contributed by atoms with E-state index in [9.17, 15) is 9.18 Å². The highest BCUT2D eigenvalue weighted by Crippen LogP contribution is 2.30. The van der Waals surface area contributed by atoms with Gasteiger partial charge in [0.25, 0.3) is 0 Å². The van der Waals surface area contributed by atoms with E-state index in [0.29, 0.717) is 33.9 Å². The summed E-state index contributed by atoms with van der Waals surface area (Å²) >= 11 is 0. The number of pyridine rings is 1. The van der Waals surface area contributed by atoms with E-state index in [0.717, 1.165) is 52.0 Å². The average Bonchev–Trinajstić information content (AvgIpc) is 3.26. The number of ether oxygens (including phenoxy) is 1. The largest absolute Gasteiger partial charge is 0.379 e. The molecular weight excluding hydrogens is 411 g/mol. The summed E-state index contributed by atoms with van der Waals surface area (Å²) in [5.74, 6) is 0.0266. The van der Waals surface area contributed by atoms with E-state index < -0.39 is 0 Å². The van der Waals surface area contributed by atoms with Gasteiger partial charge >= 0.3 is 0 Å². The number of hydrogen-bond acceptors (Lipinski definition) is 6. The molecule has 3 heterocycles. The number of anilines is 1. The predicted octanol–water partition coefficient (Wildman–Crippen LogP) is 3.00. The molecule has 1 aromatic carbocycles. The number of aryl methyl sites for hydroxylation is 1. The molecule has 0 radical (unpaired) electrons. The van der Waals surface area contributed by atoms with Gasteiger partial charge in [-0.15, -0.1) is 5.10 Å². The van der Waals surface area contributed by atoms with Gasteiger partial charge in [-0.2, -0.15) is 0 Å². The number of amides is 1. The van der Waals surface area contributed by atoms with E-state index in [1.807, 2.05) is 6.07 Å². The summed E-state index contributed by atoms with van der Waals surface area (Å²) in [5, 5.41) is 12.0. The molecule has 0 bridgehead atoms. The summed E-state index contributed by atoms with van der Waals surface area (Å²) in [4.78, 5) is 19.6. The lowest BCUT2D eigenvalue weighted by molar-refractivity contribution is -0.121. The highest BCUT2D eigenvalue weighted by atomic mass is 19.1. The van der Waals surface area contributed by atoms with E-state index in [-0.39, 0.29) is 17.6 Å². The second-order valence-electron chi connectivity index (χ2n) is 8.67. The van der Waals surface area contributed by atoms with Crippen LogP contribution in [0.5, 0.6) is 0 Å². The van der Waals surface area contributed by atoms with Crippen LogP contribution in [0.25, 0.3) is 22.0 Å². The molecule has 1 saturated carbocycles. The summed E-state index contributed by atoms with van der Waals surface area (Å²) in [6.45, 7) is 3.56. The molecule has 0 atom stereocenters. The Morgan fingerprint density at radius 2 is 1.94 bits per heavy atom. The Morgan fingerprint density at radius 3 is 2.66 bits per heavy atom. The van der Waals surface area contributed by atoms with Gasteiger partial charge < -0.3 is 10.1 Å². The zero-order valence-corrected chi connectivity index (χ0v) is 18.1. The number of fused-ring (bicyclic) bond motifs is 1. The number of halogens is 1. The molecule has 0 spiro atoms. The fourth-order valence-electron chi connectivity index (χ4n) is 4.78. The van der Waals surface area contributed by atoms with Gasteiger partial charge in [0, 0.05) is 49.2 Å². The number of nitrogens with one attached hydrogen (secondary N) is 1. The molecule has 1 aliphatic heterocycles. The molecule has 9 heteroatoms. The molecule has 168 valence electrons. The van der Waals surface area contributed by atoms with Crippen molar-refractivity contribution < 1.29 is 13.9 Å². The molecule has 1 saturated heterocycles. The Morgan fingerprint density at radius 1 is 1.16 bits per heavy atom. The second kappa shape index (κ2) is 8.91. The Bertz CT molecular complexity index is 1120. The molecule has 0 unspecified atom stereocenters. The first-order valence-corrected chi connectivity index (χ1v) is 11.2. The van der Waals surface area contributed by atoms with Crippen molar-refractivity contribution in [3.63, 3.8) is 0 Å². The van der Waals surface area contributed by atoms with Gasteiger partial charge in [0.15, 0.2) is 0 Å². The van der Waals surface area contributed by atoms with Crippen molar-refractivity contribution >= 4 is 22.5 Å². The van der Waals surface area contributed by atoms with Crippen molar-refractivity contribution in [1.29, 1.82) is 0 Å². The van der Waals surface area contributed by atoms with E-state index in [2.05, 4.69) is 25.5 Å². The average molecular weight is 439 g/mol. The zero-order chi connectivity index (χ0) is 22.1. The van der Waals surface area contributed by atoms with Crippen LogP contribution in [0.2, 0.25) is 0 Å². The molecule has 5 rings (SSSR count). The molecule has 32 heavy (non-hydrogen) atoms. The topological polar surface area (TPSA) is 85.2 Å². The first kappa shape index (κ1) is 21.0. The van der Waals surface area contributed by atoms with Crippen LogP contribution in [0, 0.1) is 11.7 Å². The van der Waals surface area contributed by atoms with Crippen molar-refractivity contribution in [2.75, 3.05) is 31.6 Å². The molecule has 8 nitrogen and oxygen atoms in total. The van der Waals surface area contributed by atoms with Crippen molar-refractivity contribution in [3.05, 3.63) is 36.4 Å². The Balaban J connectivity index is 1.27. The SMILES string of the molecule is Cn1cc(-c2cc(F)c3cnc(NC(=O)C4CCC(N5CCOCC5)CC4)cc3c2)nn1. The van der Waals surface area contributed by atoms with Gasteiger partial charge in [-0.3, -0.25) is 14.4 Å². The fraction of sp³-hybridized carbons (Fsp3) is 0.478. The lowest BCUT2D eigenvalue weighted by atomic mass is 9.84. The summed E-state index contributed by atoms with van der Waals surface area (Å²) in [7, 11) is 1.76. The van der Waals surface area contributed by atoms with Gasteiger partial charge in [0.2, 0.25) is 5.91 Å². The van der Waals surface area contributed by atoms with Gasteiger partial charge in [-0.1, -0.05) is 5.21 Å². The van der Waals surface area contributed by atoms with E-state index in [4.69, 9.17) is 4.74 Å². The summed E-state index contributed by atoms with van der Waals surface area (Å²) in [6.07, 6.45) is 6.99. The van der Waals surface area contributed by atoms with Crippen molar-refractivity contribution in [2.45, 2.75) is 31.7 Å². The predicted molar refractivity (Wildman–Crippen MR) is 118 cm³/mol. The fourth-order valence-corrected chi connectivity index (χ4v) is 4.78. The van der Waals surface area contributed by atoms with Crippen molar-refractivity contribution in [3.8, 4) is 11.3 Å². The second-order valence-corrected chi connectivity index (χ2v) is 8.67. The van der Waals surface area contributed by atoms with E-state index >= 15 is 0 Å². The number of morpholine rings is 1. The molecule has 2 aliphatic rings. The molecule has 3 aromatic rings. The number of nitrogens with zero attached hydrogens (tertiary/aromatic N) is 5. The molecule has 1 aliphatic carbocycles. The normalized spacial score (nSPS) is 22.2. The number of carbonyl (C=O) groups is 1. The number of hydrogen-bond donors (Lipinski definition) is 1. The monoisotopic (exact) mass is 438 g/mol. The molecular formula is C23H27FN6O2. The maximum atomic E-state index is 14.6. The van der Waals surface area contributed by atoms with Crippen LogP contribution in [0.15, 0.2) is 30.6 Å². The van der Waals surface area contributed by atoms with Crippen LogP contribution in [-0.4, -0.2) is 63.1 Å². The van der Waals surface area contributed by atoms with Crippen LogP contribution in [0.3, 0.4) is 0 Å². The molecule has 2 aromatic heterocycles. The Labute approximate surface area is 185 Å². The third-order valence-electron chi connectivity index (χ3n) is 6.57. The van der Waals surface area contributed by atoms with E-state index in [1.54, 1.807) is 24.0 Å². The van der Waals surface area contributed by atoms with Crippen molar-refractivity contribution in [1.82, 2.24) is 24.9 Å². The highest BCUT2D eigenvalue weighted by Gasteiger charge is 2.30. The molecule has 2 fully saturated rings. The van der Waals surface area contributed by atoms with Crippen molar-refractivity contribution in [2.24, 2.45) is 13.0 Å². The van der Waals surface area contributed by atoms with Gasteiger partial charge in [0.05, 0.1) is 19.4 Å². The zero-order valence-electron chi connectivity index (χ0n) is 18.1. The standard InChI is InChI=1S/C23H27FN6O2/c1-29-14-21(27-28-29)17-10-16-12-22(25-13-19(16)20(24)11-17)26-23(31)15-2-4-18(5-3-15)30-6-8-32-9-7-30/h10-15,18H,2-9H2,1H3,(H,25,26,31). The minimum atomic E-state index is -0.380. The molecule has 1 amide bonds. The van der Waals surface area contributed by atoms with Gasteiger partial charge in [-0.25, -0.2) is 9.37 Å². The lowest BCUT2D eigenvalue weighted by Gasteiger charge is -2.38. The van der Waals surface area contributed by atoms with Gasteiger partial charge in [-0.05, 0) is 49.3 Å². The van der Waals surface area contributed by atoms with Crippen LogP contribution in [0.4, 0.5) is 10.2 Å². The maximum Gasteiger partial charge on any atom is 0.228 e. The van der Waals surface area contributed by atoms with Crippen LogP contribution in [0.1, 0.15) is 25.7 Å². The summed E-state index contributed by atoms with van der Waals surface area (Å²) in [5.41, 5.74) is 1.22. The number of benzene rings is 1. The van der Waals surface area contributed by atoms with Crippen LogP contribution >= 0.6 is 0 Å². The van der Waals surface area contributed by atoms with Crippen LogP contribution < -0.4 is 5.32 Å². The third kappa shape index (κ3) is 4.35. The first-order chi connectivity index (χ1) is 15.6. The third-order valence-corrected chi connectivity index (χ3v) is 6.57. The minimum Gasteiger partial charge on any atom is -0.379 e. The quantitative estimate of drug-likeness (QED) is 0.674. The van der Waals surface area contributed by atoms with Gasteiger partial charge in [0.1, 0.15) is 17.3 Å². The van der Waals surface area contributed by atoms with Crippen LogP contribution in [-0.2, 0) is 16.6 Å². The lowest BCUT2D eigenvalue weighted by Crippen LogP contribution is -2.45. The number of aromatic nitrogens is 4. The molecule has 1 N–H and O–H groups in total. The smallest absolute Gasteiger partial charge is 0.228 e. The Kier molecular flexibility index (Phi) is 5.84. The summed E-state index contributed by atoms with van der Waals surface area (Å²) in [6, 6.07) is 5.53. The first-order valence-electron chi connectivity index (χ1n) is 11.2. The maximum absolute atomic E-state index is 14.6. The van der Waals surface area contributed by atoms with E-state index in [1.165, 1.54) is 12.3 Å². The Hall–Kier alpha value is -2.91. The highest BCUT2D eigenvalue weighted by molar-refractivity contribution is 5.95. The summed E-state index contributed by atoms with van der Waals surface area (Å²) < 4.78 is 21.6. The number of rotatable bonds is 4. The minimum absolute atomic E-state index is 0.0113. The number of carbonyl (C=O) groups excluding carboxylic acids is 1.